The molecule has 2 rings (SSSR count). The Morgan fingerprint density at radius 1 is 1.54 bits per heavy atom. The first kappa shape index (κ1) is 9.38. The summed E-state index contributed by atoms with van der Waals surface area (Å²) < 4.78 is 5.54. The van der Waals surface area contributed by atoms with Gasteiger partial charge in [0.05, 0.1) is 6.61 Å². The van der Waals surface area contributed by atoms with Gasteiger partial charge >= 0.3 is 0 Å². The van der Waals surface area contributed by atoms with E-state index in [9.17, 15) is 0 Å². The lowest BCUT2D eigenvalue weighted by Crippen LogP contribution is -1.93. The molecule has 0 bridgehead atoms. The van der Waals surface area contributed by atoms with Crippen molar-refractivity contribution in [1.29, 1.82) is 0 Å². The molecule has 1 nitrogen and oxygen atoms in total. The van der Waals surface area contributed by atoms with Crippen LogP contribution in [0.25, 0.3) is 0 Å². The Hall–Kier alpha value is -0.180. The normalized spacial score (nSPS) is 22.2. The number of rotatable bonds is 1. The van der Waals surface area contributed by atoms with Crippen molar-refractivity contribution >= 4 is 23.4 Å². The van der Waals surface area contributed by atoms with Crippen molar-refractivity contribution in [2.24, 2.45) is 0 Å². The quantitative estimate of drug-likeness (QED) is 0.709. The molecule has 3 heteroatoms. The molecular weight excluding hydrogens is 204 g/mol. The Kier molecular flexibility index (Phi) is 2.82. The summed E-state index contributed by atoms with van der Waals surface area (Å²) in [4.78, 5) is 0. The van der Waals surface area contributed by atoms with E-state index in [0.717, 1.165) is 22.9 Å². The zero-order valence-electron chi connectivity index (χ0n) is 7.42. The highest BCUT2D eigenvalue weighted by atomic mass is 35.5. The summed E-state index contributed by atoms with van der Waals surface area (Å²) in [5.74, 6) is 1.08. The molecule has 1 atom stereocenters. The molecular formula is C10H11ClOS. The van der Waals surface area contributed by atoms with Crippen molar-refractivity contribution in [3.05, 3.63) is 34.3 Å². The van der Waals surface area contributed by atoms with Crippen molar-refractivity contribution in [3.8, 4) is 0 Å². The molecule has 1 aromatic rings. The fraction of sp³-hybridized carbons (Fsp3) is 0.400. The van der Waals surface area contributed by atoms with Crippen LogP contribution in [-0.4, -0.2) is 12.4 Å². The van der Waals surface area contributed by atoms with Gasteiger partial charge in [-0.05, 0) is 24.1 Å². The van der Waals surface area contributed by atoms with Crippen LogP contribution in [0.2, 0.25) is 5.02 Å². The van der Waals surface area contributed by atoms with Crippen molar-refractivity contribution in [2.45, 2.75) is 12.4 Å². The lowest BCUT2D eigenvalue weighted by atomic mass is 10.1. The van der Waals surface area contributed by atoms with E-state index >= 15 is 0 Å². The Balaban J connectivity index is 2.25. The number of hydrogen-bond donors (Lipinski definition) is 0. The third kappa shape index (κ3) is 2.01. The van der Waals surface area contributed by atoms with E-state index in [1.54, 1.807) is 0 Å². The molecule has 0 radical (unpaired) electrons. The largest absolute Gasteiger partial charge is 0.362 e. The van der Waals surface area contributed by atoms with Crippen molar-refractivity contribution in [1.82, 2.24) is 0 Å². The topological polar surface area (TPSA) is 9.23 Å². The second-order valence-corrected chi connectivity index (χ2v) is 4.66. The van der Waals surface area contributed by atoms with Crippen LogP contribution in [0.1, 0.15) is 16.6 Å². The second kappa shape index (κ2) is 3.91. The fourth-order valence-corrected chi connectivity index (χ4v) is 2.43. The molecule has 13 heavy (non-hydrogen) atoms. The highest BCUT2D eigenvalue weighted by Crippen LogP contribution is 2.36. The average Bonchev–Trinajstić information content (AvgIpc) is 2.62. The van der Waals surface area contributed by atoms with Gasteiger partial charge in [-0.2, -0.15) is 0 Å². The van der Waals surface area contributed by atoms with E-state index in [2.05, 4.69) is 6.07 Å². The van der Waals surface area contributed by atoms with Crippen LogP contribution in [-0.2, 0) is 4.74 Å². The summed E-state index contributed by atoms with van der Waals surface area (Å²) in [5, 5.41) is 0.827. The Bertz CT molecular complexity index is 308. The molecule has 1 aliphatic heterocycles. The van der Waals surface area contributed by atoms with Crippen LogP contribution < -0.4 is 0 Å². The van der Waals surface area contributed by atoms with Gasteiger partial charge < -0.3 is 4.74 Å². The SMILES string of the molecule is Cc1ccc(C2OCCS2)cc1Cl. The number of aryl methyl sites for hydroxylation is 1. The number of ether oxygens (including phenoxy) is 1. The molecule has 1 aromatic carbocycles. The van der Waals surface area contributed by atoms with Crippen LogP contribution in [0.15, 0.2) is 18.2 Å². The molecule has 1 fully saturated rings. The highest BCUT2D eigenvalue weighted by Gasteiger charge is 2.18. The van der Waals surface area contributed by atoms with Gasteiger partial charge in [0, 0.05) is 10.8 Å². The molecule has 1 heterocycles. The van der Waals surface area contributed by atoms with Gasteiger partial charge in [-0.3, -0.25) is 0 Å². The van der Waals surface area contributed by atoms with Gasteiger partial charge in [0.2, 0.25) is 0 Å². The van der Waals surface area contributed by atoms with Gasteiger partial charge in [-0.25, -0.2) is 0 Å². The predicted molar refractivity (Wildman–Crippen MR) is 57.3 cm³/mol. The van der Waals surface area contributed by atoms with E-state index in [1.165, 1.54) is 5.56 Å². The maximum absolute atomic E-state index is 6.03. The minimum absolute atomic E-state index is 0.193. The molecule has 0 N–H and O–H groups in total. The third-order valence-corrected chi connectivity index (χ3v) is 3.61. The molecule has 1 aliphatic rings. The Morgan fingerprint density at radius 3 is 3.00 bits per heavy atom. The summed E-state index contributed by atoms with van der Waals surface area (Å²) in [7, 11) is 0. The maximum Gasteiger partial charge on any atom is 0.128 e. The van der Waals surface area contributed by atoms with E-state index in [-0.39, 0.29) is 5.44 Å². The highest BCUT2D eigenvalue weighted by molar-refractivity contribution is 7.99. The first-order valence-electron chi connectivity index (χ1n) is 4.26. The van der Waals surface area contributed by atoms with Gasteiger partial charge in [0.15, 0.2) is 0 Å². The molecule has 0 aliphatic carbocycles. The van der Waals surface area contributed by atoms with Crippen molar-refractivity contribution < 1.29 is 4.74 Å². The average molecular weight is 215 g/mol. The third-order valence-electron chi connectivity index (χ3n) is 2.09. The molecule has 0 amide bonds. The van der Waals surface area contributed by atoms with Crippen LogP contribution >= 0.6 is 23.4 Å². The summed E-state index contributed by atoms with van der Waals surface area (Å²) in [5.41, 5.74) is 2.49. The van der Waals surface area contributed by atoms with Gasteiger partial charge in [0.25, 0.3) is 0 Å². The lowest BCUT2D eigenvalue weighted by molar-refractivity contribution is 0.145. The molecule has 0 saturated carbocycles. The summed E-state index contributed by atoms with van der Waals surface area (Å²) in [6.45, 7) is 2.86. The van der Waals surface area contributed by atoms with E-state index < -0.39 is 0 Å². The first-order valence-corrected chi connectivity index (χ1v) is 5.69. The Labute approximate surface area is 87.4 Å². The lowest BCUT2D eigenvalue weighted by Gasteiger charge is -2.09. The zero-order chi connectivity index (χ0) is 9.26. The minimum Gasteiger partial charge on any atom is -0.362 e. The van der Waals surface area contributed by atoms with Crippen LogP contribution in [0.4, 0.5) is 0 Å². The standard InChI is InChI=1S/C10H11ClOS/c1-7-2-3-8(6-9(7)11)10-12-4-5-13-10/h2-3,6,10H,4-5H2,1H3. The number of hydrogen-bond acceptors (Lipinski definition) is 2. The Morgan fingerprint density at radius 2 is 2.38 bits per heavy atom. The van der Waals surface area contributed by atoms with Crippen LogP contribution in [0, 0.1) is 6.92 Å². The monoisotopic (exact) mass is 214 g/mol. The van der Waals surface area contributed by atoms with E-state index in [0.29, 0.717) is 0 Å². The minimum atomic E-state index is 0.193. The van der Waals surface area contributed by atoms with Crippen molar-refractivity contribution in [2.75, 3.05) is 12.4 Å². The van der Waals surface area contributed by atoms with E-state index in [4.69, 9.17) is 16.3 Å². The number of benzene rings is 1. The van der Waals surface area contributed by atoms with Gasteiger partial charge in [-0.1, -0.05) is 23.7 Å². The molecule has 1 unspecified atom stereocenters. The number of thioether (sulfide) groups is 1. The molecule has 70 valence electrons. The summed E-state index contributed by atoms with van der Waals surface area (Å²) in [6.07, 6.45) is 0. The van der Waals surface area contributed by atoms with E-state index in [1.807, 2.05) is 30.8 Å². The molecule has 0 spiro atoms. The summed E-state index contributed by atoms with van der Waals surface area (Å²) in [6, 6.07) is 6.13. The fourth-order valence-electron chi connectivity index (χ4n) is 1.31. The maximum atomic E-state index is 6.03. The van der Waals surface area contributed by atoms with Crippen molar-refractivity contribution in [3.63, 3.8) is 0 Å². The second-order valence-electron chi connectivity index (χ2n) is 3.08. The van der Waals surface area contributed by atoms with Crippen LogP contribution in [0.3, 0.4) is 0 Å². The zero-order valence-corrected chi connectivity index (χ0v) is 8.99. The van der Waals surface area contributed by atoms with Crippen LogP contribution in [0.5, 0.6) is 0 Å². The van der Waals surface area contributed by atoms with Gasteiger partial charge in [-0.15, -0.1) is 11.8 Å². The van der Waals surface area contributed by atoms with Gasteiger partial charge in [0.1, 0.15) is 5.44 Å². The summed E-state index contributed by atoms with van der Waals surface area (Å²) >= 11 is 7.86. The molecule has 0 aromatic heterocycles. The smallest absolute Gasteiger partial charge is 0.128 e. The first-order chi connectivity index (χ1) is 6.27. The molecule has 1 saturated heterocycles. The number of halogens is 1. The predicted octanol–water partition coefficient (Wildman–Crippen LogP) is 3.41.